The third kappa shape index (κ3) is 2.35. The molecule has 0 saturated heterocycles. The lowest BCUT2D eigenvalue weighted by molar-refractivity contribution is 0.741. The molecule has 1 nitrogen and oxygen atoms in total. The fourth-order valence-corrected chi connectivity index (χ4v) is 2.13. The van der Waals surface area contributed by atoms with Gasteiger partial charge < -0.3 is 0 Å². The zero-order valence-electron chi connectivity index (χ0n) is 9.08. The van der Waals surface area contributed by atoms with E-state index >= 15 is 0 Å². The summed E-state index contributed by atoms with van der Waals surface area (Å²) in [6, 6.07) is 2.10. The first-order chi connectivity index (χ1) is 7.42. The highest BCUT2D eigenvalue weighted by molar-refractivity contribution is 5.68. The first-order valence-corrected chi connectivity index (χ1v) is 5.65. The summed E-state index contributed by atoms with van der Waals surface area (Å²) in [4.78, 5) is 4.23. The van der Waals surface area contributed by atoms with E-state index in [1.54, 1.807) is 0 Å². The third-order valence-corrected chi connectivity index (χ3v) is 2.91. The minimum absolute atomic E-state index is 0.940. The maximum atomic E-state index is 4.23. The van der Waals surface area contributed by atoms with Crippen molar-refractivity contribution in [2.24, 2.45) is 0 Å². The normalized spacial score (nSPS) is 15.9. The van der Waals surface area contributed by atoms with Crippen LogP contribution in [0.4, 0.5) is 0 Å². The summed E-state index contributed by atoms with van der Waals surface area (Å²) in [5.41, 5.74) is 4.16. The number of hydrogen-bond donors (Lipinski definition) is 0. The van der Waals surface area contributed by atoms with Crippen LogP contribution >= 0.6 is 0 Å². The highest BCUT2D eigenvalue weighted by Gasteiger charge is 2.09. The van der Waals surface area contributed by atoms with Gasteiger partial charge in [0, 0.05) is 12.4 Å². The van der Waals surface area contributed by atoms with E-state index in [9.17, 15) is 0 Å². The maximum Gasteiger partial charge on any atom is 0.0345 e. The second kappa shape index (κ2) is 4.92. The summed E-state index contributed by atoms with van der Waals surface area (Å²) >= 11 is 0. The molecule has 0 bridgehead atoms. The average Bonchev–Trinajstić information content (AvgIpc) is 2.31. The zero-order valence-corrected chi connectivity index (χ0v) is 9.08. The summed E-state index contributed by atoms with van der Waals surface area (Å²) in [6.07, 6.45) is 14.2. The molecule has 2 rings (SSSR count). The lowest BCUT2D eigenvalue weighted by atomic mass is 9.91. The molecule has 0 radical (unpaired) electrons. The number of rotatable bonds is 3. The Labute approximate surface area is 91.6 Å². The molecule has 0 aliphatic heterocycles. The van der Waals surface area contributed by atoms with Gasteiger partial charge in [-0.15, -0.1) is 6.58 Å². The lowest BCUT2D eigenvalue weighted by Gasteiger charge is -2.15. The van der Waals surface area contributed by atoms with E-state index in [1.807, 2.05) is 18.5 Å². The average molecular weight is 199 g/mol. The quantitative estimate of drug-likeness (QED) is 0.675. The largest absolute Gasteiger partial charge is 0.264 e. The van der Waals surface area contributed by atoms with Gasteiger partial charge in [-0.3, -0.25) is 4.98 Å². The van der Waals surface area contributed by atoms with Gasteiger partial charge in [-0.05, 0) is 54.9 Å². The van der Waals surface area contributed by atoms with Crippen LogP contribution in [-0.4, -0.2) is 4.98 Å². The third-order valence-electron chi connectivity index (χ3n) is 2.91. The van der Waals surface area contributed by atoms with Gasteiger partial charge in [-0.2, -0.15) is 0 Å². The van der Waals surface area contributed by atoms with E-state index in [0.717, 1.165) is 6.42 Å². The fraction of sp³-hybridized carbons (Fsp3) is 0.357. The molecule has 0 amide bonds. The standard InChI is InChI=1S/C14H17N/c1-2-6-12-9-10-15-11-14(12)13-7-4-3-5-8-13/h2,7,9-11H,1,3-6,8H2. The van der Waals surface area contributed by atoms with E-state index < -0.39 is 0 Å². The smallest absolute Gasteiger partial charge is 0.0345 e. The lowest BCUT2D eigenvalue weighted by Crippen LogP contribution is -1.97. The Morgan fingerprint density at radius 1 is 1.40 bits per heavy atom. The van der Waals surface area contributed by atoms with Gasteiger partial charge in [0.15, 0.2) is 0 Å². The maximum absolute atomic E-state index is 4.23. The molecule has 1 aliphatic carbocycles. The molecule has 15 heavy (non-hydrogen) atoms. The molecule has 1 aromatic heterocycles. The molecular weight excluding hydrogens is 182 g/mol. The molecule has 1 aromatic rings. The van der Waals surface area contributed by atoms with Gasteiger partial charge in [0.1, 0.15) is 0 Å². The van der Waals surface area contributed by atoms with E-state index in [2.05, 4.69) is 23.7 Å². The minimum Gasteiger partial charge on any atom is -0.264 e. The monoisotopic (exact) mass is 199 g/mol. The van der Waals surface area contributed by atoms with Gasteiger partial charge in [0.2, 0.25) is 0 Å². The Kier molecular flexibility index (Phi) is 3.33. The molecule has 0 saturated carbocycles. The van der Waals surface area contributed by atoms with Gasteiger partial charge >= 0.3 is 0 Å². The summed E-state index contributed by atoms with van der Waals surface area (Å²) in [5.74, 6) is 0. The molecule has 1 heterocycles. The van der Waals surface area contributed by atoms with E-state index in [-0.39, 0.29) is 0 Å². The fourth-order valence-electron chi connectivity index (χ4n) is 2.13. The van der Waals surface area contributed by atoms with Crippen molar-refractivity contribution in [2.75, 3.05) is 0 Å². The van der Waals surface area contributed by atoms with Crippen molar-refractivity contribution in [2.45, 2.75) is 32.1 Å². The molecule has 0 fully saturated rings. The van der Waals surface area contributed by atoms with Crippen LogP contribution in [-0.2, 0) is 6.42 Å². The van der Waals surface area contributed by atoms with Crippen molar-refractivity contribution in [3.63, 3.8) is 0 Å². The van der Waals surface area contributed by atoms with Gasteiger partial charge in [-0.1, -0.05) is 12.2 Å². The van der Waals surface area contributed by atoms with E-state index in [4.69, 9.17) is 0 Å². The van der Waals surface area contributed by atoms with E-state index in [0.29, 0.717) is 0 Å². The van der Waals surface area contributed by atoms with Crippen LogP contribution in [0, 0.1) is 0 Å². The first-order valence-electron chi connectivity index (χ1n) is 5.65. The van der Waals surface area contributed by atoms with Crippen molar-refractivity contribution < 1.29 is 0 Å². The number of aromatic nitrogens is 1. The number of allylic oxidation sites excluding steroid dienone is 3. The van der Waals surface area contributed by atoms with Crippen molar-refractivity contribution in [1.29, 1.82) is 0 Å². The van der Waals surface area contributed by atoms with Crippen LogP contribution in [0.15, 0.2) is 37.2 Å². The minimum atomic E-state index is 0.940. The summed E-state index contributed by atoms with van der Waals surface area (Å²) in [5, 5.41) is 0. The van der Waals surface area contributed by atoms with Crippen molar-refractivity contribution in [3.05, 3.63) is 48.3 Å². The van der Waals surface area contributed by atoms with Gasteiger partial charge in [-0.25, -0.2) is 0 Å². The first kappa shape index (κ1) is 10.2. The number of pyridine rings is 1. The SMILES string of the molecule is C=CCc1ccncc1C1=CCCCC1. The van der Waals surface area contributed by atoms with Crippen LogP contribution in [0.25, 0.3) is 5.57 Å². The van der Waals surface area contributed by atoms with Crippen LogP contribution in [0.1, 0.15) is 36.8 Å². The Hall–Kier alpha value is -1.37. The molecule has 1 heteroatoms. The topological polar surface area (TPSA) is 12.9 Å². The van der Waals surface area contributed by atoms with Gasteiger partial charge in [0.25, 0.3) is 0 Å². The van der Waals surface area contributed by atoms with Crippen LogP contribution in [0.5, 0.6) is 0 Å². The molecule has 0 aromatic carbocycles. The zero-order chi connectivity index (χ0) is 10.5. The number of nitrogens with zero attached hydrogens (tertiary/aromatic N) is 1. The van der Waals surface area contributed by atoms with Crippen LogP contribution in [0.3, 0.4) is 0 Å². The van der Waals surface area contributed by atoms with Crippen LogP contribution in [0.2, 0.25) is 0 Å². The van der Waals surface area contributed by atoms with E-state index in [1.165, 1.54) is 42.4 Å². The molecule has 0 unspecified atom stereocenters. The summed E-state index contributed by atoms with van der Waals surface area (Å²) < 4.78 is 0. The second-order valence-electron chi connectivity index (χ2n) is 4.00. The molecule has 0 N–H and O–H groups in total. The molecule has 0 atom stereocenters. The Morgan fingerprint density at radius 2 is 2.33 bits per heavy atom. The second-order valence-corrected chi connectivity index (χ2v) is 4.00. The predicted octanol–water partition coefficient (Wildman–Crippen LogP) is 3.77. The van der Waals surface area contributed by atoms with Crippen molar-refractivity contribution >= 4 is 5.57 Å². The van der Waals surface area contributed by atoms with Crippen molar-refractivity contribution in [3.8, 4) is 0 Å². The van der Waals surface area contributed by atoms with Crippen LogP contribution < -0.4 is 0 Å². The Bertz CT molecular complexity index is 377. The molecule has 0 spiro atoms. The highest BCUT2D eigenvalue weighted by atomic mass is 14.6. The molecule has 78 valence electrons. The van der Waals surface area contributed by atoms with Crippen molar-refractivity contribution in [1.82, 2.24) is 4.98 Å². The Morgan fingerprint density at radius 3 is 3.07 bits per heavy atom. The number of hydrogen-bond acceptors (Lipinski definition) is 1. The predicted molar refractivity (Wildman–Crippen MR) is 64.6 cm³/mol. The molecule has 1 aliphatic rings. The molecular formula is C14H17N. The highest BCUT2D eigenvalue weighted by Crippen LogP contribution is 2.28. The summed E-state index contributed by atoms with van der Waals surface area (Å²) in [6.45, 7) is 3.80. The Balaban J connectivity index is 2.33. The summed E-state index contributed by atoms with van der Waals surface area (Å²) in [7, 11) is 0. The van der Waals surface area contributed by atoms with Gasteiger partial charge in [0.05, 0.1) is 0 Å².